The van der Waals surface area contributed by atoms with Crippen molar-refractivity contribution in [2.75, 3.05) is 0 Å². The van der Waals surface area contributed by atoms with Crippen molar-refractivity contribution in [3.05, 3.63) is 58.6 Å². The molecule has 0 aromatic heterocycles. The van der Waals surface area contributed by atoms with E-state index in [4.69, 9.17) is 4.74 Å². The van der Waals surface area contributed by atoms with Crippen LogP contribution in [0.25, 0.3) is 0 Å². The molecule has 0 heterocycles. The van der Waals surface area contributed by atoms with Crippen molar-refractivity contribution >= 4 is 28.1 Å². The summed E-state index contributed by atoms with van der Waals surface area (Å²) in [6.07, 6.45) is 0.665. The van der Waals surface area contributed by atoms with Gasteiger partial charge in [0, 0.05) is 5.56 Å². The summed E-state index contributed by atoms with van der Waals surface area (Å²) in [5.74, 6) is 0.287. The van der Waals surface area contributed by atoms with Crippen molar-refractivity contribution in [2.24, 2.45) is 5.10 Å². The molecular formula is C16H15BrN2O3. The second-order valence-corrected chi connectivity index (χ2v) is 5.34. The molecule has 0 aliphatic carbocycles. The number of carbonyl (C=O) groups is 1. The number of rotatable bonds is 5. The first kappa shape index (κ1) is 16.0. The lowest BCUT2D eigenvalue weighted by Gasteiger charge is -2.13. The minimum Gasteiger partial charge on any atom is -0.507 e. The molecule has 114 valence electrons. The van der Waals surface area contributed by atoms with Gasteiger partial charge in [-0.15, -0.1) is 0 Å². The van der Waals surface area contributed by atoms with Gasteiger partial charge in [-0.2, -0.15) is 5.10 Å². The Morgan fingerprint density at radius 1 is 1.27 bits per heavy atom. The molecule has 0 bridgehead atoms. The number of hydrogen-bond acceptors (Lipinski definition) is 4. The molecule has 22 heavy (non-hydrogen) atoms. The van der Waals surface area contributed by atoms with Crippen LogP contribution in [0.4, 0.5) is 0 Å². The van der Waals surface area contributed by atoms with Crippen molar-refractivity contribution in [3.63, 3.8) is 0 Å². The zero-order chi connectivity index (χ0) is 15.9. The maximum Gasteiger partial charge on any atom is 0.280 e. The molecule has 6 heteroatoms. The van der Waals surface area contributed by atoms with Crippen molar-refractivity contribution in [1.29, 1.82) is 0 Å². The molecule has 1 atom stereocenters. The third kappa shape index (κ3) is 4.33. The molecular weight excluding hydrogens is 348 g/mol. The molecule has 0 saturated carbocycles. The number of halogens is 1. The molecule has 2 rings (SSSR count). The highest BCUT2D eigenvalue weighted by Crippen LogP contribution is 2.24. The first-order valence-corrected chi connectivity index (χ1v) is 7.39. The number of phenols is 1. The third-order valence-electron chi connectivity index (χ3n) is 2.82. The summed E-state index contributed by atoms with van der Waals surface area (Å²) in [5, 5.41) is 13.4. The fourth-order valence-electron chi connectivity index (χ4n) is 1.64. The number of para-hydroxylation sites is 2. The average Bonchev–Trinajstić information content (AvgIpc) is 2.51. The van der Waals surface area contributed by atoms with Crippen molar-refractivity contribution in [1.82, 2.24) is 5.43 Å². The molecule has 0 spiro atoms. The number of ether oxygens (including phenoxy) is 1. The van der Waals surface area contributed by atoms with Gasteiger partial charge in [-0.1, -0.05) is 24.3 Å². The van der Waals surface area contributed by atoms with Gasteiger partial charge in [0.05, 0.1) is 10.7 Å². The van der Waals surface area contributed by atoms with E-state index in [0.29, 0.717) is 11.3 Å². The summed E-state index contributed by atoms with van der Waals surface area (Å²) in [7, 11) is 0. The second-order valence-electron chi connectivity index (χ2n) is 4.48. The lowest BCUT2D eigenvalue weighted by Crippen LogP contribution is -2.33. The summed E-state index contributed by atoms with van der Waals surface area (Å²) < 4.78 is 6.32. The topological polar surface area (TPSA) is 70.9 Å². The lowest BCUT2D eigenvalue weighted by atomic mass is 10.2. The van der Waals surface area contributed by atoms with Crippen LogP contribution in [-0.4, -0.2) is 23.3 Å². The summed E-state index contributed by atoms with van der Waals surface area (Å²) >= 11 is 3.35. The zero-order valence-electron chi connectivity index (χ0n) is 11.9. The fourth-order valence-corrected chi connectivity index (χ4v) is 2.02. The lowest BCUT2D eigenvalue weighted by molar-refractivity contribution is -0.127. The molecule has 2 aromatic rings. The van der Waals surface area contributed by atoms with Crippen LogP contribution in [0.1, 0.15) is 12.5 Å². The van der Waals surface area contributed by atoms with Gasteiger partial charge in [-0.05, 0) is 47.1 Å². The van der Waals surface area contributed by atoms with Gasteiger partial charge < -0.3 is 9.84 Å². The molecule has 0 aliphatic rings. The highest BCUT2D eigenvalue weighted by molar-refractivity contribution is 9.10. The second kappa shape index (κ2) is 7.61. The summed E-state index contributed by atoms with van der Waals surface area (Å²) in [6.45, 7) is 1.63. The quantitative estimate of drug-likeness (QED) is 0.634. The van der Waals surface area contributed by atoms with Gasteiger partial charge in [-0.3, -0.25) is 4.79 Å². The van der Waals surface area contributed by atoms with Gasteiger partial charge in [-0.25, -0.2) is 5.43 Å². The highest BCUT2D eigenvalue weighted by atomic mass is 79.9. The van der Waals surface area contributed by atoms with E-state index in [1.807, 2.05) is 18.2 Å². The molecule has 5 nitrogen and oxygen atoms in total. The van der Waals surface area contributed by atoms with E-state index in [-0.39, 0.29) is 11.7 Å². The number of phenolic OH excluding ortho intramolecular Hbond substituents is 1. The molecule has 0 aliphatic heterocycles. The molecule has 0 saturated heterocycles. The highest BCUT2D eigenvalue weighted by Gasteiger charge is 2.15. The van der Waals surface area contributed by atoms with E-state index in [9.17, 15) is 9.90 Å². The minimum atomic E-state index is -0.708. The normalized spacial score (nSPS) is 12.1. The Morgan fingerprint density at radius 3 is 2.68 bits per heavy atom. The predicted octanol–water partition coefficient (Wildman–Crippen LogP) is 3.07. The maximum absolute atomic E-state index is 11.9. The van der Waals surface area contributed by atoms with Crippen LogP contribution in [0.15, 0.2) is 58.1 Å². The first-order valence-electron chi connectivity index (χ1n) is 6.60. The van der Waals surface area contributed by atoms with E-state index >= 15 is 0 Å². The Hall–Kier alpha value is -2.34. The van der Waals surface area contributed by atoms with E-state index in [1.54, 1.807) is 37.3 Å². The molecule has 2 aromatic carbocycles. The largest absolute Gasteiger partial charge is 0.507 e. The van der Waals surface area contributed by atoms with Crippen LogP contribution in [-0.2, 0) is 4.79 Å². The molecule has 1 unspecified atom stereocenters. The van der Waals surface area contributed by atoms with Gasteiger partial charge in [0.15, 0.2) is 6.10 Å². The van der Waals surface area contributed by atoms with E-state index in [2.05, 4.69) is 26.5 Å². The summed E-state index contributed by atoms with van der Waals surface area (Å²) in [4.78, 5) is 11.9. The Kier molecular flexibility index (Phi) is 5.55. The fraction of sp³-hybridized carbons (Fsp3) is 0.125. The van der Waals surface area contributed by atoms with Gasteiger partial charge in [0.2, 0.25) is 0 Å². The average molecular weight is 363 g/mol. The number of nitrogens with one attached hydrogen (secondary N) is 1. The predicted molar refractivity (Wildman–Crippen MR) is 88.1 cm³/mol. The number of benzene rings is 2. The summed E-state index contributed by atoms with van der Waals surface area (Å²) in [6, 6.07) is 14.0. The van der Waals surface area contributed by atoms with E-state index < -0.39 is 6.10 Å². The van der Waals surface area contributed by atoms with E-state index in [1.165, 1.54) is 6.21 Å². The molecule has 2 N–H and O–H groups in total. The number of nitrogens with zero attached hydrogens (tertiary/aromatic N) is 1. The van der Waals surface area contributed by atoms with Crippen molar-refractivity contribution < 1.29 is 14.6 Å². The SMILES string of the molecule is CC(Oc1ccccc1Br)C(=O)NN=Cc1ccccc1O. The number of carbonyl (C=O) groups excluding carboxylic acids is 1. The van der Waals surface area contributed by atoms with Gasteiger partial charge in [0.1, 0.15) is 11.5 Å². The van der Waals surface area contributed by atoms with Crippen molar-refractivity contribution in [3.8, 4) is 11.5 Å². The minimum absolute atomic E-state index is 0.0954. The number of amides is 1. The number of aromatic hydroxyl groups is 1. The maximum atomic E-state index is 11.9. The molecule has 0 fully saturated rings. The Morgan fingerprint density at radius 2 is 1.95 bits per heavy atom. The number of hydrazone groups is 1. The number of hydrogen-bond donors (Lipinski definition) is 2. The monoisotopic (exact) mass is 362 g/mol. The Bertz CT molecular complexity index is 689. The first-order chi connectivity index (χ1) is 10.6. The van der Waals surface area contributed by atoms with Crippen LogP contribution < -0.4 is 10.2 Å². The van der Waals surface area contributed by atoms with Crippen LogP contribution >= 0.6 is 15.9 Å². The van der Waals surface area contributed by atoms with Gasteiger partial charge >= 0.3 is 0 Å². The zero-order valence-corrected chi connectivity index (χ0v) is 13.4. The Balaban J connectivity index is 1.92. The van der Waals surface area contributed by atoms with Gasteiger partial charge in [0.25, 0.3) is 5.91 Å². The Labute approximate surface area is 136 Å². The molecule has 0 radical (unpaired) electrons. The third-order valence-corrected chi connectivity index (χ3v) is 3.48. The standard InChI is InChI=1S/C16H15BrN2O3/c1-11(22-15-9-5-3-7-13(15)17)16(21)19-18-10-12-6-2-4-8-14(12)20/h2-11,20H,1H3,(H,19,21). The van der Waals surface area contributed by atoms with E-state index in [0.717, 1.165) is 4.47 Å². The summed E-state index contributed by atoms with van der Waals surface area (Å²) in [5.41, 5.74) is 2.89. The van der Waals surface area contributed by atoms with Crippen LogP contribution in [0.5, 0.6) is 11.5 Å². The molecule has 1 amide bonds. The van der Waals surface area contributed by atoms with Crippen LogP contribution in [0.3, 0.4) is 0 Å². The smallest absolute Gasteiger partial charge is 0.280 e. The van der Waals surface area contributed by atoms with Crippen molar-refractivity contribution in [2.45, 2.75) is 13.0 Å². The van der Waals surface area contributed by atoms with Crippen LogP contribution in [0, 0.1) is 0 Å². The van der Waals surface area contributed by atoms with Crippen LogP contribution in [0.2, 0.25) is 0 Å².